The maximum absolute atomic E-state index is 3.89. The van der Waals surface area contributed by atoms with Gasteiger partial charge < -0.3 is 5.32 Å². The lowest BCUT2D eigenvalue weighted by molar-refractivity contribution is 0.506. The van der Waals surface area contributed by atoms with Crippen molar-refractivity contribution < 1.29 is 0 Å². The van der Waals surface area contributed by atoms with Crippen LogP contribution in [0.5, 0.6) is 0 Å². The topological polar surface area (TPSA) is 12.0 Å². The van der Waals surface area contributed by atoms with Crippen molar-refractivity contribution in [3.05, 3.63) is 44.7 Å². The molecule has 25 heavy (non-hydrogen) atoms. The lowest BCUT2D eigenvalue weighted by Crippen LogP contribution is -2.34. The smallest absolute Gasteiger partial charge is 0.0854 e. The third-order valence-corrected chi connectivity index (χ3v) is 11.8. The molecule has 0 fully saturated rings. The number of nitrogens with one attached hydrogen (secondary N) is 1. The van der Waals surface area contributed by atoms with Crippen molar-refractivity contribution in [2.24, 2.45) is 0 Å². The minimum atomic E-state index is -1.27. The summed E-state index contributed by atoms with van der Waals surface area (Å²) in [6.07, 6.45) is 9.14. The third-order valence-electron chi connectivity index (χ3n) is 4.63. The molecule has 1 aromatic rings. The molecule has 0 saturated carbocycles. The Hall–Kier alpha value is -0.133. The van der Waals surface area contributed by atoms with Gasteiger partial charge in [-0.15, -0.1) is 0 Å². The average molecular weight is 472 g/mol. The number of unbranched alkanes of at least 4 members (excludes halogenated alkanes) is 3. The van der Waals surface area contributed by atoms with Gasteiger partial charge in [-0.3, -0.25) is 0 Å². The molecule has 1 aromatic carbocycles. The van der Waals surface area contributed by atoms with E-state index in [0.717, 1.165) is 6.54 Å². The highest BCUT2D eigenvalue weighted by Crippen LogP contribution is 2.31. The molecule has 0 heterocycles. The molecule has 1 atom stereocenters. The number of halogens is 1. The van der Waals surface area contributed by atoms with Crippen molar-refractivity contribution >= 4 is 30.7 Å². The molecule has 0 radical (unpaired) electrons. The molecule has 0 spiro atoms. The molecule has 0 aromatic heterocycles. The van der Waals surface area contributed by atoms with Crippen LogP contribution in [0, 0.1) is 0 Å². The summed E-state index contributed by atoms with van der Waals surface area (Å²) in [6.45, 7) is 13.0. The summed E-state index contributed by atoms with van der Waals surface area (Å²) in [4.78, 5) is 0. The molecule has 0 aliphatic rings. The van der Waals surface area contributed by atoms with Gasteiger partial charge in [0.1, 0.15) is 0 Å². The Balaban J connectivity index is 2.91. The minimum Gasteiger partial charge on any atom is -0.306 e. The van der Waals surface area contributed by atoms with Crippen molar-refractivity contribution in [1.82, 2.24) is 5.32 Å². The van der Waals surface area contributed by atoms with Crippen LogP contribution in [-0.4, -0.2) is 14.1 Å². The summed E-state index contributed by atoms with van der Waals surface area (Å²) < 4.78 is 1.70. The van der Waals surface area contributed by atoms with Crippen molar-refractivity contribution in [2.75, 3.05) is 0 Å². The second-order valence-electron chi connectivity index (χ2n) is 8.11. The first kappa shape index (κ1) is 22.9. The largest absolute Gasteiger partial charge is 0.306 e. The van der Waals surface area contributed by atoms with Crippen molar-refractivity contribution in [1.29, 1.82) is 0 Å². The van der Waals surface area contributed by atoms with E-state index in [-0.39, 0.29) is 0 Å². The molecule has 1 nitrogen and oxygen atoms in total. The molecule has 1 unspecified atom stereocenters. The van der Waals surface area contributed by atoms with Crippen LogP contribution in [0.1, 0.15) is 64.4 Å². The van der Waals surface area contributed by atoms with Gasteiger partial charge in [0.05, 0.1) is 8.07 Å². The van der Waals surface area contributed by atoms with Gasteiger partial charge in [0.15, 0.2) is 0 Å². The number of hydrogen-bond donors (Lipinski definition) is 1. The highest BCUT2D eigenvalue weighted by molar-refractivity contribution is 14.1. The van der Waals surface area contributed by atoms with Gasteiger partial charge in [-0.05, 0) is 33.6 Å². The van der Waals surface area contributed by atoms with Crippen LogP contribution >= 0.6 is 22.6 Å². The first-order valence-electron chi connectivity index (χ1n) is 10.1. The zero-order valence-electron chi connectivity index (χ0n) is 17.0. The van der Waals surface area contributed by atoms with E-state index in [1.54, 1.807) is 8.78 Å². The molecule has 0 saturated heterocycles. The Bertz CT molecular complexity index is 505. The van der Waals surface area contributed by atoms with Crippen LogP contribution < -0.4 is 5.32 Å². The quantitative estimate of drug-likeness (QED) is 0.189. The lowest BCUT2D eigenvalue weighted by atomic mass is 9.97. The Morgan fingerprint density at radius 3 is 2.24 bits per heavy atom. The first-order valence-corrected chi connectivity index (χ1v) is 14.6. The summed E-state index contributed by atoms with van der Waals surface area (Å²) >= 11 is 2.68. The van der Waals surface area contributed by atoms with Gasteiger partial charge in [0.2, 0.25) is 0 Å². The van der Waals surface area contributed by atoms with E-state index in [1.165, 1.54) is 50.5 Å². The van der Waals surface area contributed by atoms with E-state index in [1.807, 2.05) is 0 Å². The molecule has 0 amide bonds. The molecular weight excluding hydrogens is 433 g/mol. The second-order valence-corrected chi connectivity index (χ2v) is 15.2. The maximum atomic E-state index is 3.89. The van der Waals surface area contributed by atoms with Gasteiger partial charge in [-0.1, -0.05) is 112 Å². The summed E-state index contributed by atoms with van der Waals surface area (Å²) in [6, 6.07) is 11.4. The average Bonchev–Trinajstić information content (AvgIpc) is 2.59. The lowest BCUT2D eigenvalue weighted by Gasteiger charge is -2.28. The Morgan fingerprint density at radius 2 is 1.68 bits per heavy atom. The van der Waals surface area contributed by atoms with Gasteiger partial charge in [0.25, 0.3) is 0 Å². The predicted molar refractivity (Wildman–Crippen MR) is 125 cm³/mol. The van der Waals surface area contributed by atoms with Crippen molar-refractivity contribution in [3.63, 3.8) is 0 Å². The maximum Gasteiger partial charge on any atom is 0.0854 e. The van der Waals surface area contributed by atoms with Gasteiger partial charge in [-0.2, -0.15) is 0 Å². The van der Waals surface area contributed by atoms with Crippen LogP contribution in [-0.2, 0) is 6.54 Å². The highest BCUT2D eigenvalue weighted by atomic mass is 127. The first-order chi connectivity index (χ1) is 11.9. The Morgan fingerprint density at radius 1 is 1.00 bits per heavy atom. The van der Waals surface area contributed by atoms with Gasteiger partial charge in [0, 0.05) is 12.6 Å². The molecular formula is C22H38INSi. The SMILES string of the molecule is CCCCCC/C(=C(/I)[Si](C)(C)C)C(CCC)NCc1ccccc1. The Labute approximate surface area is 171 Å². The van der Waals surface area contributed by atoms with Crippen LogP contribution in [0.2, 0.25) is 19.6 Å². The van der Waals surface area contributed by atoms with E-state index in [2.05, 4.69) is 91.7 Å². The zero-order valence-corrected chi connectivity index (χ0v) is 20.2. The summed E-state index contributed by atoms with van der Waals surface area (Å²) in [7, 11) is -1.27. The number of benzene rings is 1. The fourth-order valence-electron chi connectivity index (χ4n) is 3.19. The summed E-state index contributed by atoms with van der Waals surface area (Å²) in [5.74, 6) is 0. The number of hydrogen-bond acceptors (Lipinski definition) is 1. The van der Waals surface area contributed by atoms with E-state index < -0.39 is 8.07 Å². The van der Waals surface area contributed by atoms with E-state index >= 15 is 0 Å². The van der Waals surface area contributed by atoms with Crippen molar-refractivity contribution in [3.8, 4) is 0 Å². The third kappa shape index (κ3) is 8.87. The van der Waals surface area contributed by atoms with Crippen molar-refractivity contribution in [2.45, 2.75) is 91.0 Å². The predicted octanol–water partition coefficient (Wildman–Crippen LogP) is 7.48. The normalized spacial score (nSPS) is 14.3. The second kappa shape index (κ2) is 12.3. The summed E-state index contributed by atoms with van der Waals surface area (Å²) in [5.41, 5.74) is 3.10. The zero-order chi connectivity index (χ0) is 18.7. The molecule has 0 aliphatic carbocycles. The fraction of sp³-hybridized carbons (Fsp3) is 0.636. The van der Waals surface area contributed by atoms with E-state index in [9.17, 15) is 0 Å². The molecule has 1 N–H and O–H groups in total. The molecule has 0 aliphatic heterocycles. The van der Waals surface area contributed by atoms with Crippen LogP contribution in [0.25, 0.3) is 0 Å². The van der Waals surface area contributed by atoms with Gasteiger partial charge >= 0.3 is 0 Å². The molecule has 3 heteroatoms. The Kier molecular flexibility index (Phi) is 11.3. The summed E-state index contributed by atoms with van der Waals surface area (Å²) in [5, 5.41) is 3.89. The standard InChI is InChI=1S/C22H38INSi/c1-6-8-9-13-17-20(22(23)25(3,4)5)21(14-7-2)24-18-19-15-11-10-12-16-19/h10-12,15-16,21,24H,6-9,13-14,17-18H2,1-5H3/b22-20+. The number of rotatable bonds is 12. The molecule has 142 valence electrons. The van der Waals surface area contributed by atoms with Crippen LogP contribution in [0.15, 0.2) is 39.1 Å². The van der Waals surface area contributed by atoms with E-state index in [0.29, 0.717) is 6.04 Å². The van der Waals surface area contributed by atoms with E-state index in [4.69, 9.17) is 0 Å². The monoisotopic (exact) mass is 471 g/mol. The van der Waals surface area contributed by atoms with Crippen LogP contribution in [0.3, 0.4) is 0 Å². The molecule has 1 rings (SSSR count). The van der Waals surface area contributed by atoms with Gasteiger partial charge in [-0.25, -0.2) is 0 Å². The fourth-order valence-corrected chi connectivity index (χ4v) is 5.09. The minimum absolute atomic E-state index is 0.533. The molecule has 0 bridgehead atoms. The van der Waals surface area contributed by atoms with Crippen LogP contribution in [0.4, 0.5) is 0 Å². The highest BCUT2D eigenvalue weighted by Gasteiger charge is 2.25.